The highest BCUT2D eigenvalue weighted by Gasteiger charge is 2.34. The molecule has 1 nitrogen and oxygen atoms in total. The van der Waals surface area contributed by atoms with Crippen LogP contribution in [0.1, 0.15) is 51.0 Å². The van der Waals surface area contributed by atoms with Gasteiger partial charge in [0.25, 0.3) is 0 Å². The van der Waals surface area contributed by atoms with E-state index in [2.05, 4.69) is 37.3 Å². The van der Waals surface area contributed by atoms with Crippen LogP contribution in [0.15, 0.2) is 30.3 Å². The van der Waals surface area contributed by atoms with E-state index in [0.717, 1.165) is 6.42 Å². The third-order valence-electron chi connectivity index (χ3n) is 4.27. The Morgan fingerprint density at radius 1 is 1.24 bits per heavy atom. The van der Waals surface area contributed by atoms with Gasteiger partial charge in [0.1, 0.15) is 5.78 Å². The summed E-state index contributed by atoms with van der Waals surface area (Å²) in [6.07, 6.45) is 3.97. The average molecular weight is 230 g/mol. The van der Waals surface area contributed by atoms with Gasteiger partial charge in [0, 0.05) is 12.8 Å². The monoisotopic (exact) mass is 230 g/mol. The first kappa shape index (κ1) is 12.3. The Hall–Kier alpha value is -1.11. The molecule has 0 unspecified atom stereocenters. The van der Waals surface area contributed by atoms with Crippen LogP contribution in [0.25, 0.3) is 0 Å². The fraction of sp³-hybridized carbons (Fsp3) is 0.562. The molecule has 0 aromatic heterocycles. The van der Waals surface area contributed by atoms with E-state index in [4.69, 9.17) is 0 Å². The zero-order chi connectivity index (χ0) is 12.3. The highest BCUT2D eigenvalue weighted by molar-refractivity contribution is 5.78. The quantitative estimate of drug-likeness (QED) is 0.758. The average Bonchev–Trinajstić information content (AvgIpc) is 2.72. The van der Waals surface area contributed by atoms with Crippen molar-refractivity contribution in [2.45, 2.75) is 45.4 Å². The SMILES string of the molecule is CCC(=O)C[C@@H]1[C@@H](c2ccccc2)CC[C@@H]1C. The van der Waals surface area contributed by atoms with E-state index < -0.39 is 0 Å². The second-order valence-corrected chi connectivity index (χ2v) is 5.33. The van der Waals surface area contributed by atoms with Gasteiger partial charge in [-0.25, -0.2) is 0 Å². The molecule has 1 saturated carbocycles. The Morgan fingerprint density at radius 3 is 2.59 bits per heavy atom. The molecule has 0 amide bonds. The minimum Gasteiger partial charge on any atom is -0.300 e. The predicted octanol–water partition coefficient (Wildman–Crippen LogP) is 4.19. The maximum atomic E-state index is 11.7. The van der Waals surface area contributed by atoms with Crippen LogP contribution in [0.2, 0.25) is 0 Å². The van der Waals surface area contributed by atoms with Crippen LogP contribution in [-0.2, 0) is 4.79 Å². The standard InChI is InChI=1S/C16H22O/c1-3-14(17)11-16-12(2)9-10-15(16)13-7-5-4-6-8-13/h4-8,12,15-16H,3,9-11H2,1-2H3/t12-,15+,16-/m0/s1. The van der Waals surface area contributed by atoms with Crippen molar-refractivity contribution >= 4 is 5.78 Å². The first-order valence-electron chi connectivity index (χ1n) is 6.79. The lowest BCUT2D eigenvalue weighted by molar-refractivity contribution is -0.120. The second-order valence-electron chi connectivity index (χ2n) is 5.33. The van der Waals surface area contributed by atoms with Crippen LogP contribution in [0.3, 0.4) is 0 Å². The molecule has 3 atom stereocenters. The van der Waals surface area contributed by atoms with E-state index in [0.29, 0.717) is 30.0 Å². The molecule has 1 aliphatic rings. The van der Waals surface area contributed by atoms with Crippen LogP contribution in [0, 0.1) is 11.8 Å². The molecule has 0 saturated heterocycles. The lowest BCUT2D eigenvalue weighted by atomic mass is 9.82. The van der Waals surface area contributed by atoms with Crippen LogP contribution < -0.4 is 0 Å². The van der Waals surface area contributed by atoms with Crippen molar-refractivity contribution in [1.29, 1.82) is 0 Å². The van der Waals surface area contributed by atoms with Gasteiger partial charge in [-0.05, 0) is 36.2 Å². The molecule has 2 rings (SSSR count). The molecule has 0 spiro atoms. The summed E-state index contributed by atoms with van der Waals surface area (Å²) in [6, 6.07) is 10.7. The molecule has 1 aliphatic carbocycles. The van der Waals surface area contributed by atoms with Gasteiger partial charge in [-0.3, -0.25) is 4.79 Å². The van der Waals surface area contributed by atoms with Crippen LogP contribution in [-0.4, -0.2) is 5.78 Å². The summed E-state index contributed by atoms with van der Waals surface area (Å²) in [5, 5.41) is 0. The van der Waals surface area contributed by atoms with E-state index in [1.165, 1.54) is 18.4 Å². The van der Waals surface area contributed by atoms with E-state index in [1.54, 1.807) is 0 Å². The molecule has 0 N–H and O–H groups in total. The van der Waals surface area contributed by atoms with Crippen molar-refractivity contribution in [3.05, 3.63) is 35.9 Å². The van der Waals surface area contributed by atoms with Gasteiger partial charge in [0.15, 0.2) is 0 Å². The number of rotatable bonds is 4. The van der Waals surface area contributed by atoms with Crippen molar-refractivity contribution < 1.29 is 4.79 Å². The molecule has 1 aromatic carbocycles. The molecule has 17 heavy (non-hydrogen) atoms. The fourth-order valence-corrected chi connectivity index (χ4v) is 3.13. The first-order valence-corrected chi connectivity index (χ1v) is 6.79. The Kier molecular flexibility index (Phi) is 3.98. The maximum absolute atomic E-state index is 11.7. The summed E-state index contributed by atoms with van der Waals surface area (Å²) in [6.45, 7) is 4.27. The van der Waals surface area contributed by atoms with E-state index in [-0.39, 0.29) is 0 Å². The number of hydrogen-bond donors (Lipinski definition) is 0. The molecule has 1 heteroatoms. The molecule has 0 aliphatic heterocycles. The molecule has 1 aromatic rings. The highest BCUT2D eigenvalue weighted by Crippen LogP contribution is 2.45. The van der Waals surface area contributed by atoms with E-state index in [1.807, 2.05) is 6.92 Å². The third kappa shape index (κ3) is 2.77. The van der Waals surface area contributed by atoms with E-state index >= 15 is 0 Å². The van der Waals surface area contributed by atoms with Gasteiger partial charge < -0.3 is 0 Å². The number of carbonyl (C=O) groups is 1. The molecule has 0 bridgehead atoms. The van der Waals surface area contributed by atoms with Gasteiger partial charge in [-0.15, -0.1) is 0 Å². The normalized spacial score (nSPS) is 28.2. The van der Waals surface area contributed by atoms with Gasteiger partial charge in [0.2, 0.25) is 0 Å². The molecule has 0 heterocycles. The summed E-state index contributed by atoms with van der Waals surface area (Å²) in [4.78, 5) is 11.7. The number of benzene rings is 1. The van der Waals surface area contributed by atoms with Gasteiger partial charge in [-0.1, -0.05) is 44.2 Å². The lowest BCUT2D eigenvalue weighted by Crippen LogP contribution is -2.16. The summed E-state index contributed by atoms with van der Waals surface area (Å²) in [5.41, 5.74) is 1.42. The van der Waals surface area contributed by atoms with Gasteiger partial charge >= 0.3 is 0 Å². The predicted molar refractivity (Wildman–Crippen MR) is 71.0 cm³/mol. The van der Waals surface area contributed by atoms with Crippen molar-refractivity contribution in [3.63, 3.8) is 0 Å². The lowest BCUT2D eigenvalue weighted by Gasteiger charge is -2.22. The Balaban J connectivity index is 2.14. The third-order valence-corrected chi connectivity index (χ3v) is 4.27. The molecular weight excluding hydrogens is 208 g/mol. The minimum absolute atomic E-state index is 0.421. The smallest absolute Gasteiger partial charge is 0.132 e. The van der Waals surface area contributed by atoms with Gasteiger partial charge in [0.05, 0.1) is 0 Å². The number of hydrogen-bond acceptors (Lipinski definition) is 1. The summed E-state index contributed by atoms with van der Waals surface area (Å²) < 4.78 is 0. The second kappa shape index (κ2) is 5.48. The zero-order valence-corrected chi connectivity index (χ0v) is 10.9. The van der Waals surface area contributed by atoms with Crippen molar-refractivity contribution in [2.24, 2.45) is 11.8 Å². The maximum Gasteiger partial charge on any atom is 0.132 e. The molecular formula is C16H22O. The summed E-state index contributed by atoms with van der Waals surface area (Å²) in [7, 11) is 0. The number of Topliss-reactive ketones (excluding diaryl/α,β-unsaturated/α-hetero) is 1. The minimum atomic E-state index is 0.421. The van der Waals surface area contributed by atoms with Crippen LogP contribution in [0.4, 0.5) is 0 Å². The largest absolute Gasteiger partial charge is 0.300 e. The Labute approximate surface area is 104 Å². The topological polar surface area (TPSA) is 17.1 Å². The van der Waals surface area contributed by atoms with Gasteiger partial charge in [-0.2, -0.15) is 0 Å². The van der Waals surface area contributed by atoms with Crippen LogP contribution in [0.5, 0.6) is 0 Å². The van der Waals surface area contributed by atoms with E-state index in [9.17, 15) is 4.79 Å². The summed E-state index contributed by atoms with van der Waals surface area (Å²) >= 11 is 0. The van der Waals surface area contributed by atoms with Crippen molar-refractivity contribution in [1.82, 2.24) is 0 Å². The highest BCUT2D eigenvalue weighted by atomic mass is 16.1. The Bertz CT molecular complexity index is 368. The van der Waals surface area contributed by atoms with Crippen molar-refractivity contribution in [2.75, 3.05) is 0 Å². The molecule has 0 radical (unpaired) electrons. The number of ketones is 1. The fourth-order valence-electron chi connectivity index (χ4n) is 3.13. The number of carbonyl (C=O) groups excluding carboxylic acids is 1. The first-order chi connectivity index (χ1) is 8.22. The summed E-state index contributed by atoms with van der Waals surface area (Å²) in [5.74, 6) is 2.27. The van der Waals surface area contributed by atoms with Crippen LogP contribution >= 0.6 is 0 Å². The molecule has 92 valence electrons. The van der Waals surface area contributed by atoms with Crippen molar-refractivity contribution in [3.8, 4) is 0 Å². The Morgan fingerprint density at radius 2 is 1.94 bits per heavy atom. The molecule has 1 fully saturated rings. The zero-order valence-electron chi connectivity index (χ0n) is 10.9.